The molecular weight excluding hydrogens is 348 g/mol. The summed E-state index contributed by atoms with van der Waals surface area (Å²) in [7, 11) is -3.24. The Balaban J connectivity index is 4.39. The van der Waals surface area contributed by atoms with E-state index in [1.165, 1.54) is 0 Å². The molecule has 0 spiro atoms. The Morgan fingerprint density at radius 1 is 1.13 bits per heavy atom. The molecule has 0 unspecified atom stereocenters. The fourth-order valence-electron chi connectivity index (χ4n) is 2.22. The van der Waals surface area contributed by atoms with Gasteiger partial charge in [0.05, 0.1) is 0 Å². The molecule has 1 N–H and O–H groups in total. The molecule has 9 heteroatoms. The van der Waals surface area contributed by atoms with Crippen molar-refractivity contribution in [2.75, 3.05) is 0 Å². The topological polar surface area (TPSA) is 82.1 Å². The van der Waals surface area contributed by atoms with E-state index >= 15 is 0 Å². The van der Waals surface area contributed by atoms with Gasteiger partial charge < -0.3 is 18.1 Å². The summed E-state index contributed by atoms with van der Waals surface area (Å²) in [4.78, 5) is 22.0. The number of carbonyl (C=O) groups excluding carboxylic acids is 1. The number of ether oxygens (including phenoxy) is 1. The van der Waals surface area contributed by atoms with Crippen molar-refractivity contribution in [3.63, 3.8) is 0 Å². The molecule has 0 aliphatic rings. The van der Waals surface area contributed by atoms with Gasteiger partial charge in [-0.15, -0.1) is 0 Å². The molecule has 0 aromatic heterocycles. The average molecular weight is 379 g/mol. The molecular formula is C14H30O6Si3. The highest BCUT2D eigenvalue weighted by molar-refractivity contribution is 6.73. The first-order chi connectivity index (χ1) is 10.2. The molecule has 0 heterocycles. The van der Waals surface area contributed by atoms with E-state index in [1.54, 1.807) is 0 Å². The van der Waals surface area contributed by atoms with Crippen LogP contribution in [-0.4, -0.2) is 50.7 Å². The molecule has 0 rings (SSSR count). The molecule has 0 aliphatic heterocycles. The second-order valence-electron chi connectivity index (χ2n) is 7.92. The zero-order valence-corrected chi connectivity index (χ0v) is 19.1. The number of carbonyl (C=O) groups is 2. The summed E-state index contributed by atoms with van der Waals surface area (Å²) in [5.74, 6) is -1.82. The van der Waals surface area contributed by atoms with Gasteiger partial charge in [-0.3, -0.25) is 0 Å². The smallest absolute Gasteiger partial charge is 0.331 e. The number of hydrogen-bond donors (Lipinski definition) is 1. The van der Waals surface area contributed by atoms with Crippen molar-refractivity contribution in [2.24, 2.45) is 0 Å². The molecule has 0 aliphatic carbocycles. The van der Waals surface area contributed by atoms with E-state index < -0.39 is 45.6 Å². The summed E-state index contributed by atoms with van der Waals surface area (Å²) in [5, 5.41) is 8.47. The molecule has 0 saturated carbocycles. The predicted molar refractivity (Wildman–Crippen MR) is 98.2 cm³/mol. The van der Waals surface area contributed by atoms with Crippen LogP contribution < -0.4 is 0 Å². The van der Waals surface area contributed by atoms with Gasteiger partial charge in [-0.1, -0.05) is 13.8 Å². The number of carboxylic acid groups (broad SMARTS) is 1. The molecule has 0 amide bonds. The third kappa shape index (κ3) is 13.4. The molecule has 6 nitrogen and oxygen atoms in total. The van der Waals surface area contributed by atoms with Crippen LogP contribution in [0.25, 0.3) is 0 Å². The van der Waals surface area contributed by atoms with Crippen LogP contribution in [0.4, 0.5) is 0 Å². The number of rotatable bonds is 10. The minimum absolute atomic E-state index is 0.0455. The Hall–Kier alpha value is -0.749. The van der Waals surface area contributed by atoms with Crippen molar-refractivity contribution in [1.29, 1.82) is 0 Å². The van der Waals surface area contributed by atoms with Crippen LogP contribution in [0, 0.1) is 0 Å². The second-order valence-corrected chi connectivity index (χ2v) is 17.4. The summed E-state index contributed by atoms with van der Waals surface area (Å²) >= 11 is 0. The van der Waals surface area contributed by atoms with Crippen LogP contribution in [0.2, 0.25) is 24.7 Å². The lowest BCUT2D eigenvalue weighted by molar-refractivity contribution is -0.151. The van der Waals surface area contributed by atoms with Gasteiger partial charge in [-0.25, -0.2) is 9.59 Å². The van der Waals surface area contributed by atoms with E-state index in [1.807, 2.05) is 13.8 Å². The third-order valence-electron chi connectivity index (χ3n) is 2.71. The highest BCUT2D eigenvalue weighted by Crippen LogP contribution is 2.35. The minimum Gasteiger partial charge on any atom is -0.478 e. The van der Waals surface area contributed by atoms with Crippen molar-refractivity contribution < 1.29 is 27.7 Å². The highest BCUT2D eigenvalue weighted by Gasteiger charge is 2.32. The van der Waals surface area contributed by atoms with Gasteiger partial charge in [0.15, 0.2) is 18.1 Å². The third-order valence-corrected chi connectivity index (χ3v) is 9.16. The maximum absolute atomic E-state index is 11.6. The molecule has 23 heavy (non-hydrogen) atoms. The van der Waals surface area contributed by atoms with Gasteiger partial charge in [-0.2, -0.15) is 0 Å². The van der Waals surface area contributed by atoms with Crippen molar-refractivity contribution in [3.05, 3.63) is 12.2 Å². The van der Waals surface area contributed by atoms with Crippen molar-refractivity contribution in [3.8, 4) is 0 Å². The van der Waals surface area contributed by atoms with Gasteiger partial charge in [0.2, 0.25) is 0 Å². The van der Waals surface area contributed by atoms with Crippen LogP contribution in [-0.2, 0) is 22.6 Å². The lowest BCUT2D eigenvalue weighted by Crippen LogP contribution is -2.35. The largest absolute Gasteiger partial charge is 0.478 e. The second kappa shape index (κ2) is 8.92. The summed E-state index contributed by atoms with van der Waals surface area (Å²) in [6, 6.07) is 0. The maximum atomic E-state index is 11.6. The first kappa shape index (κ1) is 22.3. The molecule has 0 bridgehead atoms. The van der Waals surface area contributed by atoms with E-state index in [4.69, 9.17) is 18.1 Å². The van der Waals surface area contributed by atoms with E-state index in [0.29, 0.717) is 6.42 Å². The summed E-state index contributed by atoms with van der Waals surface area (Å²) in [6.07, 6.45) is 2.36. The Kier molecular flexibility index (Phi) is 8.63. The monoisotopic (exact) mass is 378 g/mol. The van der Waals surface area contributed by atoms with Crippen LogP contribution in [0.5, 0.6) is 0 Å². The number of esters is 1. The summed E-state index contributed by atoms with van der Waals surface area (Å²) < 4.78 is 17.0. The predicted octanol–water partition coefficient (Wildman–Crippen LogP) is 1.49. The van der Waals surface area contributed by atoms with E-state index in [-0.39, 0.29) is 5.04 Å². The van der Waals surface area contributed by atoms with Gasteiger partial charge in [-0.05, 0) is 44.9 Å². The molecule has 0 saturated heterocycles. The van der Waals surface area contributed by atoms with Crippen LogP contribution in [0.1, 0.15) is 34.1 Å². The van der Waals surface area contributed by atoms with Crippen LogP contribution in [0.3, 0.4) is 0 Å². The van der Waals surface area contributed by atoms with E-state index in [2.05, 4.69) is 33.5 Å². The van der Waals surface area contributed by atoms with Crippen molar-refractivity contribution >= 4 is 40.0 Å². The van der Waals surface area contributed by atoms with E-state index in [0.717, 1.165) is 12.2 Å². The normalized spacial score (nSPS) is 14.4. The molecule has 0 aromatic rings. The fourth-order valence-corrected chi connectivity index (χ4v) is 7.97. The van der Waals surface area contributed by atoms with Gasteiger partial charge in [0.25, 0.3) is 10.0 Å². The Bertz CT molecular complexity index is 440. The quantitative estimate of drug-likeness (QED) is 0.268. The van der Waals surface area contributed by atoms with Gasteiger partial charge >= 0.3 is 11.9 Å². The van der Waals surface area contributed by atoms with Crippen LogP contribution >= 0.6 is 0 Å². The first-order valence-electron chi connectivity index (χ1n) is 7.58. The average Bonchev–Trinajstić information content (AvgIpc) is 2.29. The Morgan fingerprint density at radius 3 is 2.17 bits per heavy atom. The lowest BCUT2D eigenvalue weighted by Gasteiger charge is -2.34. The van der Waals surface area contributed by atoms with Gasteiger partial charge in [0.1, 0.15) is 5.60 Å². The zero-order chi connectivity index (χ0) is 18.3. The minimum atomic E-state index is -1.51. The Morgan fingerprint density at radius 2 is 1.70 bits per heavy atom. The molecule has 0 aromatic carbocycles. The lowest BCUT2D eigenvalue weighted by atomic mass is 9.95. The number of hydrogen-bond acceptors (Lipinski definition) is 5. The number of carboxylic acids is 1. The van der Waals surface area contributed by atoms with Crippen molar-refractivity contribution in [1.82, 2.24) is 0 Å². The Labute approximate surface area is 144 Å². The standard InChI is InChI=1S/C14H30O6Si3/c1-13(2,18-12(17)9-8-11(15)16)10-14(3,4)21-19-22-20-23(5,6)7/h8-9H,10,21-22H2,1-7H3,(H,15,16). The summed E-state index contributed by atoms with van der Waals surface area (Å²) in [5.41, 5.74) is -0.680. The fraction of sp³-hybridized carbons (Fsp3) is 0.714. The van der Waals surface area contributed by atoms with E-state index in [9.17, 15) is 9.59 Å². The van der Waals surface area contributed by atoms with Crippen LogP contribution in [0.15, 0.2) is 12.2 Å². The molecule has 134 valence electrons. The summed E-state index contributed by atoms with van der Waals surface area (Å²) in [6.45, 7) is 14.3. The highest BCUT2D eigenvalue weighted by atomic mass is 28.4. The molecule has 0 atom stereocenters. The SMILES string of the molecule is CC(C)(CC(C)(C)[SiH2]O[SiH2]O[Si](C)(C)C)OC(=O)C=CC(=O)O. The maximum Gasteiger partial charge on any atom is 0.331 e. The first-order valence-corrected chi connectivity index (χ1v) is 13.4. The number of aliphatic carboxylic acids is 1. The van der Waals surface area contributed by atoms with Crippen molar-refractivity contribution in [2.45, 2.75) is 64.4 Å². The molecule has 0 fully saturated rings. The molecule has 0 radical (unpaired) electrons. The van der Waals surface area contributed by atoms with Gasteiger partial charge in [0, 0.05) is 12.2 Å². The zero-order valence-electron chi connectivity index (χ0n) is 15.3.